The molecule has 0 amide bonds. The first-order valence-electron chi connectivity index (χ1n) is 6.85. The molecule has 0 N–H and O–H groups in total. The van der Waals surface area contributed by atoms with Gasteiger partial charge in [-0.15, -0.1) is 0 Å². The molecule has 0 aromatic heterocycles. The van der Waals surface area contributed by atoms with Gasteiger partial charge < -0.3 is 18.9 Å². The number of allylic oxidation sites excluding steroid dienone is 1. The Morgan fingerprint density at radius 1 is 1.14 bits per heavy atom. The summed E-state index contributed by atoms with van der Waals surface area (Å²) in [4.78, 5) is 22.4. The van der Waals surface area contributed by atoms with Gasteiger partial charge in [0.05, 0.1) is 19.3 Å². The van der Waals surface area contributed by atoms with Crippen molar-refractivity contribution in [2.24, 2.45) is 0 Å². The Morgan fingerprint density at radius 2 is 1.81 bits per heavy atom. The molecule has 0 fully saturated rings. The smallest absolute Gasteiger partial charge is 0.373 e. The molecule has 0 aromatic rings. The van der Waals surface area contributed by atoms with E-state index in [9.17, 15) is 9.59 Å². The van der Waals surface area contributed by atoms with Crippen LogP contribution in [0.4, 0.5) is 0 Å². The summed E-state index contributed by atoms with van der Waals surface area (Å²) in [5.41, 5.74) is 0. The van der Waals surface area contributed by atoms with Gasteiger partial charge in [0.15, 0.2) is 0 Å². The van der Waals surface area contributed by atoms with E-state index in [1.807, 2.05) is 0 Å². The number of esters is 2. The number of rotatable bonds is 10. The molecule has 6 nitrogen and oxygen atoms in total. The predicted molar refractivity (Wildman–Crippen MR) is 77.5 cm³/mol. The molecule has 120 valence electrons. The minimum Gasteiger partial charge on any atom is -0.481 e. The van der Waals surface area contributed by atoms with Gasteiger partial charge in [-0.05, 0) is 33.8 Å². The summed E-state index contributed by atoms with van der Waals surface area (Å²) in [6.45, 7) is 10.9. The quantitative estimate of drug-likeness (QED) is 0.349. The molecular formula is C15H24O6. The topological polar surface area (TPSA) is 71.1 Å². The van der Waals surface area contributed by atoms with E-state index in [-0.39, 0.29) is 37.8 Å². The first-order chi connectivity index (χ1) is 9.94. The van der Waals surface area contributed by atoms with Crippen molar-refractivity contribution in [3.8, 4) is 0 Å². The van der Waals surface area contributed by atoms with E-state index in [0.29, 0.717) is 0 Å². The van der Waals surface area contributed by atoms with Gasteiger partial charge in [-0.2, -0.15) is 0 Å². The summed E-state index contributed by atoms with van der Waals surface area (Å²) in [5.74, 6) is -0.841. The van der Waals surface area contributed by atoms with Crippen molar-refractivity contribution in [1.82, 2.24) is 0 Å². The van der Waals surface area contributed by atoms with E-state index in [2.05, 4.69) is 6.58 Å². The Morgan fingerprint density at radius 3 is 2.33 bits per heavy atom. The van der Waals surface area contributed by atoms with Crippen LogP contribution < -0.4 is 0 Å². The highest BCUT2D eigenvalue weighted by molar-refractivity contribution is 5.86. The van der Waals surface area contributed by atoms with E-state index < -0.39 is 11.9 Å². The minimum absolute atomic E-state index is 0.131. The summed E-state index contributed by atoms with van der Waals surface area (Å²) in [6, 6.07) is 0. The summed E-state index contributed by atoms with van der Waals surface area (Å²) in [7, 11) is 0. The molecule has 0 heterocycles. The third-order valence-corrected chi connectivity index (χ3v) is 2.31. The standard InChI is InChI=1S/C15H24O6/c1-6-13(15(17)18-8-3)21-12(5)10-19-11(4)9-20-14(16)7-2/h6-7,11-12H,2,8-10H2,1,3-5H3. The fraction of sp³-hybridized carbons (Fsp3) is 0.600. The zero-order valence-corrected chi connectivity index (χ0v) is 13.1. The summed E-state index contributed by atoms with van der Waals surface area (Å²) < 4.78 is 20.6. The normalized spacial score (nSPS) is 14.0. The van der Waals surface area contributed by atoms with E-state index in [1.54, 1.807) is 33.8 Å². The van der Waals surface area contributed by atoms with E-state index in [1.165, 1.54) is 0 Å². The van der Waals surface area contributed by atoms with Gasteiger partial charge in [0.1, 0.15) is 12.7 Å². The summed E-state index contributed by atoms with van der Waals surface area (Å²) in [5, 5.41) is 0. The van der Waals surface area contributed by atoms with Gasteiger partial charge in [-0.1, -0.05) is 6.58 Å². The third kappa shape index (κ3) is 8.86. The lowest BCUT2D eigenvalue weighted by molar-refractivity contribution is -0.146. The average Bonchev–Trinajstić information content (AvgIpc) is 2.48. The molecule has 0 spiro atoms. The molecule has 0 saturated heterocycles. The molecule has 0 bridgehead atoms. The lowest BCUT2D eigenvalue weighted by Gasteiger charge is -2.19. The van der Waals surface area contributed by atoms with Crippen LogP contribution in [0, 0.1) is 0 Å². The van der Waals surface area contributed by atoms with Gasteiger partial charge in [0.2, 0.25) is 5.76 Å². The summed E-state index contributed by atoms with van der Waals surface area (Å²) in [6.07, 6.45) is 2.02. The van der Waals surface area contributed by atoms with Crippen molar-refractivity contribution in [3.05, 3.63) is 24.5 Å². The Hall–Kier alpha value is -1.82. The van der Waals surface area contributed by atoms with Gasteiger partial charge in [0, 0.05) is 6.08 Å². The van der Waals surface area contributed by atoms with Gasteiger partial charge >= 0.3 is 11.9 Å². The zero-order chi connectivity index (χ0) is 16.3. The molecule has 0 aliphatic heterocycles. The second-order valence-corrected chi connectivity index (χ2v) is 4.28. The average molecular weight is 300 g/mol. The van der Waals surface area contributed by atoms with Crippen LogP contribution in [-0.4, -0.2) is 44.0 Å². The van der Waals surface area contributed by atoms with Crippen molar-refractivity contribution in [2.75, 3.05) is 19.8 Å². The first kappa shape index (κ1) is 19.2. The van der Waals surface area contributed by atoms with Crippen LogP contribution in [-0.2, 0) is 28.5 Å². The largest absolute Gasteiger partial charge is 0.481 e. The van der Waals surface area contributed by atoms with Crippen molar-refractivity contribution in [3.63, 3.8) is 0 Å². The van der Waals surface area contributed by atoms with Crippen molar-refractivity contribution in [2.45, 2.75) is 39.9 Å². The third-order valence-electron chi connectivity index (χ3n) is 2.31. The number of carbonyl (C=O) groups is 2. The Bertz CT molecular complexity index is 374. The van der Waals surface area contributed by atoms with E-state index in [4.69, 9.17) is 18.9 Å². The predicted octanol–water partition coefficient (Wildman–Crippen LogP) is 1.99. The van der Waals surface area contributed by atoms with Crippen molar-refractivity contribution < 1.29 is 28.5 Å². The highest BCUT2D eigenvalue weighted by Crippen LogP contribution is 2.07. The fourth-order valence-corrected chi connectivity index (χ4v) is 1.29. The number of hydrogen-bond acceptors (Lipinski definition) is 6. The van der Waals surface area contributed by atoms with Gasteiger partial charge in [-0.25, -0.2) is 9.59 Å². The second-order valence-electron chi connectivity index (χ2n) is 4.28. The maximum Gasteiger partial charge on any atom is 0.373 e. The lowest BCUT2D eigenvalue weighted by atomic mass is 10.4. The van der Waals surface area contributed by atoms with Gasteiger partial charge in [0.25, 0.3) is 0 Å². The zero-order valence-electron chi connectivity index (χ0n) is 13.1. The van der Waals surface area contributed by atoms with E-state index >= 15 is 0 Å². The minimum atomic E-state index is -0.500. The van der Waals surface area contributed by atoms with Crippen LogP contribution in [0.2, 0.25) is 0 Å². The SMILES string of the molecule is C=CC(=O)OCC(C)OCC(C)OC(=CC)C(=O)OCC. The van der Waals surface area contributed by atoms with Gasteiger partial charge in [-0.3, -0.25) is 0 Å². The highest BCUT2D eigenvalue weighted by Gasteiger charge is 2.16. The monoisotopic (exact) mass is 300 g/mol. The maximum absolute atomic E-state index is 11.5. The molecule has 2 unspecified atom stereocenters. The Balaban J connectivity index is 4.07. The number of hydrogen-bond donors (Lipinski definition) is 0. The number of ether oxygens (including phenoxy) is 4. The molecule has 0 radical (unpaired) electrons. The molecule has 0 aliphatic carbocycles. The molecule has 6 heteroatoms. The Labute approximate surface area is 125 Å². The van der Waals surface area contributed by atoms with Crippen molar-refractivity contribution >= 4 is 11.9 Å². The molecule has 0 aliphatic rings. The lowest BCUT2D eigenvalue weighted by Crippen LogP contribution is -2.25. The molecular weight excluding hydrogens is 276 g/mol. The first-order valence-corrected chi connectivity index (χ1v) is 6.85. The second kappa shape index (κ2) is 10.9. The van der Waals surface area contributed by atoms with Crippen LogP contribution in [0.3, 0.4) is 0 Å². The maximum atomic E-state index is 11.5. The van der Waals surface area contributed by atoms with Crippen LogP contribution in [0.25, 0.3) is 0 Å². The highest BCUT2D eigenvalue weighted by atomic mass is 16.6. The molecule has 21 heavy (non-hydrogen) atoms. The van der Waals surface area contributed by atoms with Crippen LogP contribution in [0.15, 0.2) is 24.5 Å². The van der Waals surface area contributed by atoms with E-state index in [0.717, 1.165) is 6.08 Å². The molecule has 0 saturated carbocycles. The number of carbonyl (C=O) groups excluding carboxylic acids is 2. The fourth-order valence-electron chi connectivity index (χ4n) is 1.29. The Kier molecular flexibility index (Phi) is 9.96. The van der Waals surface area contributed by atoms with Crippen LogP contribution >= 0.6 is 0 Å². The molecule has 0 rings (SSSR count). The van der Waals surface area contributed by atoms with Crippen LogP contribution in [0.5, 0.6) is 0 Å². The molecule has 2 atom stereocenters. The van der Waals surface area contributed by atoms with Crippen LogP contribution in [0.1, 0.15) is 27.7 Å². The van der Waals surface area contributed by atoms with Crippen molar-refractivity contribution in [1.29, 1.82) is 0 Å². The summed E-state index contributed by atoms with van der Waals surface area (Å²) >= 11 is 0. The molecule has 0 aromatic carbocycles.